The van der Waals surface area contributed by atoms with Crippen molar-refractivity contribution in [3.05, 3.63) is 18.0 Å². The van der Waals surface area contributed by atoms with E-state index in [0.29, 0.717) is 25.5 Å². The van der Waals surface area contributed by atoms with Gasteiger partial charge in [-0.1, -0.05) is 0 Å². The maximum atomic E-state index is 11.9. The van der Waals surface area contributed by atoms with Crippen molar-refractivity contribution in [3.8, 4) is 0 Å². The summed E-state index contributed by atoms with van der Waals surface area (Å²) in [6.07, 6.45) is 4.10. The van der Waals surface area contributed by atoms with Crippen molar-refractivity contribution in [2.24, 2.45) is 5.92 Å². The fourth-order valence-electron chi connectivity index (χ4n) is 2.66. The lowest BCUT2D eigenvalue weighted by molar-refractivity contribution is -0.128. The Balaban J connectivity index is 1.79. The van der Waals surface area contributed by atoms with E-state index in [4.69, 9.17) is 10.5 Å². The first-order valence-electron chi connectivity index (χ1n) is 7.10. The molecule has 0 saturated carbocycles. The number of hydrogen-bond acceptors (Lipinski definition) is 6. The molecule has 1 fully saturated rings. The molecule has 2 N–H and O–H groups in total. The molecule has 0 spiro atoms. The SMILES string of the molecule is COCCN1CC(CN(C)Cc2cnc(N)nc2)CC1=O. The van der Waals surface area contributed by atoms with Gasteiger partial charge in [-0.15, -0.1) is 0 Å². The number of aromatic nitrogens is 2. The van der Waals surface area contributed by atoms with E-state index in [0.717, 1.165) is 25.2 Å². The van der Waals surface area contributed by atoms with Crippen LogP contribution in [-0.4, -0.2) is 66.1 Å². The zero-order valence-corrected chi connectivity index (χ0v) is 12.7. The summed E-state index contributed by atoms with van der Waals surface area (Å²) in [7, 11) is 3.69. The Morgan fingerprint density at radius 2 is 2.19 bits per heavy atom. The van der Waals surface area contributed by atoms with Crippen molar-refractivity contribution in [1.82, 2.24) is 19.8 Å². The molecule has 1 aliphatic rings. The molecule has 0 aromatic carbocycles. The number of anilines is 1. The zero-order chi connectivity index (χ0) is 15.2. The van der Waals surface area contributed by atoms with Crippen LogP contribution in [0.15, 0.2) is 12.4 Å². The van der Waals surface area contributed by atoms with Crippen molar-refractivity contribution in [2.75, 3.05) is 46.1 Å². The van der Waals surface area contributed by atoms with Crippen LogP contribution in [0.3, 0.4) is 0 Å². The van der Waals surface area contributed by atoms with Crippen LogP contribution in [0.2, 0.25) is 0 Å². The number of nitrogen functional groups attached to an aromatic ring is 1. The number of likely N-dealkylation sites (tertiary alicyclic amines) is 1. The molecule has 0 radical (unpaired) electrons. The summed E-state index contributed by atoms with van der Waals surface area (Å²) in [4.78, 5) is 23.9. The van der Waals surface area contributed by atoms with Gasteiger partial charge in [0.2, 0.25) is 11.9 Å². The highest BCUT2D eigenvalue weighted by Crippen LogP contribution is 2.19. The summed E-state index contributed by atoms with van der Waals surface area (Å²) in [5, 5.41) is 0. The second-order valence-corrected chi connectivity index (χ2v) is 5.55. The summed E-state index contributed by atoms with van der Waals surface area (Å²) in [5.41, 5.74) is 6.49. The van der Waals surface area contributed by atoms with Crippen molar-refractivity contribution in [1.29, 1.82) is 0 Å². The number of nitrogens with two attached hydrogens (primary N) is 1. The van der Waals surface area contributed by atoms with Crippen LogP contribution in [0, 0.1) is 5.92 Å². The third-order valence-corrected chi connectivity index (χ3v) is 3.61. The normalized spacial score (nSPS) is 18.7. The van der Waals surface area contributed by atoms with Gasteiger partial charge < -0.3 is 20.3 Å². The minimum atomic E-state index is 0.223. The highest BCUT2D eigenvalue weighted by Gasteiger charge is 2.29. The number of hydrogen-bond donors (Lipinski definition) is 1. The number of carbonyl (C=O) groups excluding carboxylic acids is 1. The summed E-state index contributed by atoms with van der Waals surface area (Å²) < 4.78 is 5.03. The van der Waals surface area contributed by atoms with E-state index in [1.807, 2.05) is 11.9 Å². The topological polar surface area (TPSA) is 84.6 Å². The molecule has 21 heavy (non-hydrogen) atoms. The van der Waals surface area contributed by atoms with Crippen LogP contribution in [-0.2, 0) is 16.1 Å². The van der Waals surface area contributed by atoms with Gasteiger partial charge >= 0.3 is 0 Å². The minimum Gasteiger partial charge on any atom is -0.383 e. The monoisotopic (exact) mass is 293 g/mol. The third-order valence-electron chi connectivity index (χ3n) is 3.61. The fourth-order valence-corrected chi connectivity index (χ4v) is 2.66. The van der Waals surface area contributed by atoms with Crippen molar-refractivity contribution < 1.29 is 9.53 Å². The molecule has 1 aliphatic heterocycles. The molecule has 1 saturated heterocycles. The van der Waals surface area contributed by atoms with E-state index >= 15 is 0 Å². The van der Waals surface area contributed by atoms with Crippen molar-refractivity contribution in [3.63, 3.8) is 0 Å². The quantitative estimate of drug-likeness (QED) is 0.761. The molecule has 116 valence electrons. The Kier molecular flexibility index (Phi) is 5.46. The highest BCUT2D eigenvalue weighted by molar-refractivity contribution is 5.78. The largest absolute Gasteiger partial charge is 0.383 e. The molecular formula is C14H23N5O2. The highest BCUT2D eigenvalue weighted by atomic mass is 16.5. The van der Waals surface area contributed by atoms with E-state index in [1.165, 1.54) is 0 Å². The molecule has 1 atom stereocenters. The zero-order valence-electron chi connectivity index (χ0n) is 12.7. The molecule has 2 heterocycles. The van der Waals surface area contributed by atoms with E-state index in [2.05, 4.69) is 14.9 Å². The molecule has 0 aliphatic carbocycles. The van der Waals surface area contributed by atoms with Crippen LogP contribution >= 0.6 is 0 Å². The van der Waals surface area contributed by atoms with Gasteiger partial charge in [-0.05, 0) is 13.0 Å². The first-order chi connectivity index (χ1) is 10.1. The van der Waals surface area contributed by atoms with Crippen molar-refractivity contribution in [2.45, 2.75) is 13.0 Å². The maximum absolute atomic E-state index is 11.9. The standard InChI is InChI=1S/C14H23N5O2/c1-18(9-12-6-16-14(15)17-7-12)8-11-5-13(20)19(10-11)3-4-21-2/h6-7,11H,3-5,8-10H2,1-2H3,(H2,15,16,17). The van der Waals surface area contributed by atoms with Crippen LogP contribution in [0.25, 0.3) is 0 Å². The number of rotatable bonds is 7. The number of ether oxygens (including phenoxy) is 1. The first kappa shape index (κ1) is 15.7. The lowest BCUT2D eigenvalue weighted by atomic mass is 10.1. The predicted octanol–water partition coefficient (Wildman–Crippen LogP) is -0.0145. The number of carbonyl (C=O) groups is 1. The van der Waals surface area contributed by atoms with Crippen LogP contribution in [0.4, 0.5) is 5.95 Å². The average molecular weight is 293 g/mol. The maximum Gasteiger partial charge on any atom is 0.223 e. The van der Waals surface area contributed by atoms with E-state index < -0.39 is 0 Å². The molecular weight excluding hydrogens is 270 g/mol. The summed E-state index contributed by atoms with van der Waals surface area (Å²) >= 11 is 0. The average Bonchev–Trinajstić information content (AvgIpc) is 2.79. The second kappa shape index (κ2) is 7.33. The number of nitrogens with zero attached hydrogens (tertiary/aromatic N) is 4. The van der Waals surface area contributed by atoms with Gasteiger partial charge in [-0.2, -0.15) is 0 Å². The van der Waals surface area contributed by atoms with E-state index in [1.54, 1.807) is 19.5 Å². The lowest BCUT2D eigenvalue weighted by Crippen LogP contribution is -2.31. The van der Waals surface area contributed by atoms with Gasteiger partial charge in [-0.25, -0.2) is 9.97 Å². The molecule has 1 unspecified atom stereocenters. The van der Waals surface area contributed by atoms with E-state index in [9.17, 15) is 4.79 Å². The van der Waals surface area contributed by atoms with Crippen molar-refractivity contribution >= 4 is 11.9 Å². The second-order valence-electron chi connectivity index (χ2n) is 5.55. The Morgan fingerprint density at radius 3 is 2.86 bits per heavy atom. The Hall–Kier alpha value is -1.73. The fraction of sp³-hybridized carbons (Fsp3) is 0.643. The van der Waals surface area contributed by atoms with Gasteiger partial charge in [0.1, 0.15) is 0 Å². The van der Waals surface area contributed by atoms with Gasteiger partial charge in [-0.3, -0.25) is 4.79 Å². The lowest BCUT2D eigenvalue weighted by Gasteiger charge is -2.21. The Labute approximate surface area is 125 Å². The smallest absolute Gasteiger partial charge is 0.223 e. The van der Waals surface area contributed by atoms with Crippen LogP contribution in [0.5, 0.6) is 0 Å². The predicted molar refractivity (Wildman–Crippen MR) is 79.3 cm³/mol. The van der Waals surface area contributed by atoms with Gasteiger partial charge in [0.05, 0.1) is 6.61 Å². The van der Waals surface area contributed by atoms with Gasteiger partial charge in [0.25, 0.3) is 0 Å². The summed E-state index contributed by atoms with van der Waals surface area (Å²) in [6, 6.07) is 0. The minimum absolute atomic E-state index is 0.223. The molecule has 1 aromatic heterocycles. The van der Waals surface area contributed by atoms with E-state index in [-0.39, 0.29) is 11.9 Å². The first-order valence-corrected chi connectivity index (χ1v) is 7.10. The summed E-state index contributed by atoms with van der Waals surface area (Å²) in [5.74, 6) is 0.881. The molecule has 1 amide bonds. The number of methoxy groups -OCH3 is 1. The van der Waals surface area contributed by atoms with Crippen LogP contribution in [0.1, 0.15) is 12.0 Å². The molecule has 7 nitrogen and oxygen atoms in total. The van der Waals surface area contributed by atoms with Crippen LogP contribution < -0.4 is 5.73 Å². The molecule has 1 aromatic rings. The Morgan fingerprint density at radius 1 is 1.48 bits per heavy atom. The van der Waals surface area contributed by atoms with Gasteiger partial charge in [0.15, 0.2) is 0 Å². The summed E-state index contributed by atoms with van der Waals surface area (Å²) in [6.45, 7) is 3.71. The number of amides is 1. The van der Waals surface area contributed by atoms with Gasteiger partial charge in [0, 0.05) is 57.7 Å². The Bertz CT molecular complexity index is 465. The molecule has 2 rings (SSSR count). The molecule has 0 bridgehead atoms. The third kappa shape index (κ3) is 4.64. The molecule has 7 heteroatoms.